The maximum atomic E-state index is 13.7. The molecule has 0 saturated carbocycles. The molecule has 0 fully saturated rings. The molecule has 15 heteroatoms. The van der Waals surface area contributed by atoms with E-state index in [9.17, 15) is 36.4 Å². The maximum absolute atomic E-state index is 13.7. The van der Waals surface area contributed by atoms with E-state index in [0.717, 1.165) is 29.1 Å². The van der Waals surface area contributed by atoms with Crippen molar-refractivity contribution in [2.75, 3.05) is 16.1 Å². The molecule has 45 heavy (non-hydrogen) atoms. The van der Waals surface area contributed by atoms with Crippen LogP contribution >= 0.6 is 0 Å². The number of nitrogens with zero attached hydrogens (tertiary/aromatic N) is 7. The summed E-state index contributed by atoms with van der Waals surface area (Å²) in [5, 5.41) is 13.8. The second-order valence-corrected chi connectivity index (χ2v) is 12.1. The Morgan fingerprint density at radius 2 is 1.64 bits per heavy atom. The number of fused-ring (bicyclic) bond motifs is 2. The Balaban J connectivity index is 1.64. The monoisotopic (exact) mass is 629 g/mol. The number of allylic oxidation sites excluding steroid dienone is 2. The van der Waals surface area contributed by atoms with Gasteiger partial charge < -0.3 is 0 Å². The van der Waals surface area contributed by atoms with Crippen molar-refractivity contribution < 1.29 is 31.2 Å². The largest absolute Gasteiger partial charge is 0.416 e. The first-order valence-corrected chi connectivity index (χ1v) is 14.9. The highest BCUT2D eigenvalue weighted by molar-refractivity contribution is 7.90. The Kier molecular flexibility index (Phi) is 6.60. The molecular weight excluding hydrogens is 611 g/mol. The van der Waals surface area contributed by atoms with Crippen LogP contribution in [0.3, 0.4) is 0 Å². The fraction of sp³-hybridized carbons (Fsp3) is 0.133. The minimum Gasteiger partial charge on any atom is -0.294 e. The van der Waals surface area contributed by atoms with Gasteiger partial charge in [0, 0.05) is 17.6 Å². The van der Waals surface area contributed by atoms with E-state index in [4.69, 9.17) is 6.57 Å². The van der Waals surface area contributed by atoms with Crippen molar-refractivity contribution in [3.05, 3.63) is 117 Å². The van der Waals surface area contributed by atoms with Crippen molar-refractivity contribution in [3.63, 3.8) is 0 Å². The summed E-state index contributed by atoms with van der Waals surface area (Å²) in [6.45, 7) is 9.50. The highest BCUT2D eigenvalue weighted by Gasteiger charge is 2.43. The molecule has 1 aromatic heterocycles. The minimum atomic E-state index is -4.71. The third-order valence-electron chi connectivity index (χ3n) is 7.39. The molecule has 1 atom stereocenters. The van der Waals surface area contributed by atoms with Gasteiger partial charge >= 0.3 is 6.18 Å². The molecule has 2 aliphatic heterocycles. The van der Waals surface area contributed by atoms with Crippen LogP contribution in [-0.2, 0) is 16.0 Å². The first kappa shape index (κ1) is 29.3. The highest BCUT2D eigenvalue weighted by Crippen LogP contribution is 2.46. The number of hydrogen-bond acceptors (Lipinski definition) is 8. The first-order valence-electron chi connectivity index (χ1n) is 13.0. The van der Waals surface area contributed by atoms with Gasteiger partial charge in [0.15, 0.2) is 9.84 Å². The third kappa shape index (κ3) is 4.61. The van der Waals surface area contributed by atoms with Gasteiger partial charge in [-0.3, -0.25) is 14.5 Å². The summed E-state index contributed by atoms with van der Waals surface area (Å²) in [7, 11) is -4.01. The van der Waals surface area contributed by atoms with Gasteiger partial charge in [-0.05, 0) is 55.0 Å². The van der Waals surface area contributed by atoms with Gasteiger partial charge in [0.2, 0.25) is 11.6 Å². The summed E-state index contributed by atoms with van der Waals surface area (Å²) in [6.07, 6.45) is -3.79. The number of alkyl halides is 3. The SMILES string of the molecule is [C-]#[N+]C1=C(C)N(c2cccc(C(F)(F)F)c2)c2nc(N3C(=O)c4ccccc4C3=O)nn2[C@@H]1c1ccc(C#N)cc1S(C)(=O)=O. The Labute approximate surface area is 253 Å². The van der Waals surface area contributed by atoms with Crippen LogP contribution in [0.25, 0.3) is 4.85 Å². The smallest absolute Gasteiger partial charge is 0.294 e. The molecule has 11 nitrogen and oxygen atoms in total. The van der Waals surface area contributed by atoms with Gasteiger partial charge in [-0.25, -0.2) is 22.8 Å². The molecular formula is C30H18F3N7O4S. The van der Waals surface area contributed by atoms with Crippen LogP contribution in [0.5, 0.6) is 0 Å². The summed E-state index contributed by atoms with van der Waals surface area (Å²) in [4.78, 5) is 36.4. The molecule has 0 bridgehead atoms. The molecule has 3 aromatic carbocycles. The molecule has 0 spiro atoms. The van der Waals surface area contributed by atoms with E-state index < -0.39 is 45.4 Å². The van der Waals surface area contributed by atoms with Crippen LogP contribution < -0.4 is 9.80 Å². The number of nitriles is 1. The molecule has 2 aliphatic rings. The van der Waals surface area contributed by atoms with Crippen molar-refractivity contribution >= 4 is 39.2 Å². The first-order chi connectivity index (χ1) is 21.3. The Morgan fingerprint density at radius 1 is 0.978 bits per heavy atom. The van der Waals surface area contributed by atoms with Crippen molar-refractivity contribution in [3.8, 4) is 6.07 Å². The summed E-state index contributed by atoms with van der Waals surface area (Å²) in [5.41, 5.74) is -0.875. The van der Waals surface area contributed by atoms with E-state index in [-0.39, 0.29) is 50.2 Å². The number of aromatic nitrogens is 3. The molecule has 6 rings (SSSR count). The van der Waals surface area contributed by atoms with Gasteiger partial charge in [-0.1, -0.05) is 24.3 Å². The number of halogens is 3. The molecule has 0 saturated heterocycles. The molecule has 0 radical (unpaired) electrons. The molecule has 0 aliphatic carbocycles. The average Bonchev–Trinajstić information content (AvgIpc) is 3.53. The van der Waals surface area contributed by atoms with Gasteiger partial charge in [-0.15, -0.1) is 5.10 Å². The van der Waals surface area contributed by atoms with E-state index in [1.807, 2.05) is 6.07 Å². The van der Waals surface area contributed by atoms with Crippen LogP contribution in [-0.4, -0.2) is 41.3 Å². The topological polar surface area (TPSA) is 134 Å². The molecule has 224 valence electrons. The van der Waals surface area contributed by atoms with Crippen molar-refractivity contribution in [2.24, 2.45) is 0 Å². The van der Waals surface area contributed by atoms with Crippen LogP contribution in [0, 0.1) is 17.9 Å². The molecule has 3 heterocycles. The number of carbonyl (C=O) groups is 2. The second-order valence-electron chi connectivity index (χ2n) is 10.2. The lowest BCUT2D eigenvalue weighted by Gasteiger charge is -2.34. The Hall–Kier alpha value is -5.80. The second kappa shape index (κ2) is 10.1. The summed E-state index contributed by atoms with van der Waals surface area (Å²) < 4.78 is 68.1. The van der Waals surface area contributed by atoms with Crippen LogP contribution in [0.2, 0.25) is 0 Å². The standard InChI is InChI=1S/C30H18F3N7O4S/c1-16-24(35-2)25(22-12-11-17(15-34)13-23(22)45(3,43)44)40-29(38(16)19-8-6-7-18(14-19)30(31,32)33)36-28(37-40)39-26(41)20-9-4-5-10-21(20)27(39)42/h4-14,25H,1,3H3/t25-/m1/s1. The summed E-state index contributed by atoms with van der Waals surface area (Å²) >= 11 is 0. The summed E-state index contributed by atoms with van der Waals surface area (Å²) in [6, 6.07) is 14.6. The van der Waals surface area contributed by atoms with Gasteiger partial charge in [-0.2, -0.15) is 23.4 Å². The van der Waals surface area contributed by atoms with Crippen LogP contribution in [0.1, 0.15) is 50.4 Å². The minimum absolute atomic E-state index is 0.0191. The van der Waals surface area contributed by atoms with Crippen molar-refractivity contribution in [2.45, 2.75) is 24.0 Å². The molecule has 4 aromatic rings. The number of imide groups is 1. The number of sulfone groups is 1. The predicted molar refractivity (Wildman–Crippen MR) is 153 cm³/mol. The lowest BCUT2D eigenvalue weighted by Crippen LogP contribution is -2.31. The van der Waals surface area contributed by atoms with Gasteiger partial charge in [0.25, 0.3) is 17.8 Å². The highest BCUT2D eigenvalue weighted by atomic mass is 32.2. The zero-order valence-electron chi connectivity index (χ0n) is 23.2. The summed E-state index contributed by atoms with van der Waals surface area (Å²) in [5.74, 6) is -2.12. The molecule has 0 unspecified atom stereocenters. The number of carbonyl (C=O) groups excluding carboxylic acids is 2. The number of benzene rings is 3. The van der Waals surface area contributed by atoms with Gasteiger partial charge in [0.1, 0.15) is 6.04 Å². The number of hydrogen-bond donors (Lipinski definition) is 0. The van der Waals surface area contributed by atoms with E-state index in [2.05, 4.69) is 14.9 Å². The van der Waals surface area contributed by atoms with E-state index in [1.165, 1.54) is 48.2 Å². The normalized spacial score (nSPS) is 16.4. The third-order valence-corrected chi connectivity index (χ3v) is 8.55. The van der Waals surface area contributed by atoms with Crippen LogP contribution in [0.15, 0.2) is 83.0 Å². The lowest BCUT2D eigenvalue weighted by molar-refractivity contribution is -0.137. The van der Waals surface area contributed by atoms with Gasteiger partial charge in [0.05, 0.1) is 39.8 Å². The number of amides is 2. The zero-order valence-corrected chi connectivity index (χ0v) is 24.1. The quantitative estimate of drug-likeness (QED) is 0.220. The lowest BCUT2D eigenvalue weighted by atomic mass is 9.99. The fourth-order valence-corrected chi connectivity index (χ4v) is 6.32. The van der Waals surface area contributed by atoms with Crippen LogP contribution in [0.4, 0.5) is 30.8 Å². The fourth-order valence-electron chi connectivity index (χ4n) is 5.38. The molecule has 2 amide bonds. The maximum Gasteiger partial charge on any atom is 0.416 e. The average molecular weight is 630 g/mol. The number of anilines is 3. The number of rotatable bonds is 4. The zero-order chi connectivity index (χ0) is 32.4. The van der Waals surface area contributed by atoms with E-state index in [0.29, 0.717) is 4.90 Å². The van der Waals surface area contributed by atoms with Crippen molar-refractivity contribution in [1.29, 1.82) is 5.26 Å². The molecule has 0 N–H and O–H groups in total. The van der Waals surface area contributed by atoms with Crippen molar-refractivity contribution in [1.82, 2.24) is 14.8 Å². The Morgan fingerprint density at radius 3 is 2.22 bits per heavy atom. The Bertz CT molecular complexity index is 2160. The predicted octanol–water partition coefficient (Wildman–Crippen LogP) is 5.26. The van der Waals surface area contributed by atoms with E-state index in [1.54, 1.807) is 12.1 Å². The van der Waals surface area contributed by atoms with E-state index >= 15 is 0 Å².